The van der Waals surface area contributed by atoms with Crippen LogP contribution >= 0.6 is 0 Å². The molecule has 0 aliphatic heterocycles. The van der Waals surface area contributed by atoms with Crippen LogP contribution in [0, 0.1) is 12.3 Å². The van der Waals surface area contributed by atoms with Gasteiger partial charge in [0.2, 0.25) is 0 Å². The highest BCUT2D eigenvalue weighted by Gasteiger charge is 2.23. The number of hydrogen-bond acceptors (Lipinski definition) is 4. The van der Waals surface area contributed by atoms with E-state index in [9.17, 15) is 9.59 Å². The van der Waals surface area contributed by atoms with Crippen molar-refractivity contribution in [1.29, 1.82) is 0 Å². The van der Waals surface area contributed by atoms with Gasteiger partial charge < -0.3 is 9.47 Å². The maximum atomic E-state index is 11.8. The van der Waals surface area contributed by atoms with E-state index in [0.29, 0.717) is 11.4 Å². The average molecular weight is 341 g/mol. The van der Waals surface area contributed by atoms with Crippen LogP contribution in [0.2, 0.25) is 0 Å². The lowest BCUT2D eigenvalue weighted by molar-refractivity contribution is -0.142. The summed E-state index contributed by atoms with van der Waals surface area (Å²) in [7, 11) is 0. The number of nitrogens with one attached hydrogen (secondary N) is 1. The van der Waals surface area contributed by atoms with Gasteiger partial charge in [0.05, 0.1) is 5.41 Å². The quantitative estimate of drug-likeness (QED) is 0.647. The Kier molecular flexibility index (Phi) is 5.80. The standard InChI is InChI=1S/C20H23NO4/c1-14-5-9-16(10-6-14)21-19(23)24-13-15-7-11-17(12-8-15)25-18(22)20(2,3)4/h5-12H,13H2,1-4H3,(H,21,23). The number of benzene rings is 2. The zero-order valence-electron chi connectivity index (χ0n) is 15.0. The van der Waals surface area contributed by atoms with Gasteiger partial charge in [0, 0.05) is 5.69 Å². The summed E-state index contributed by atoms with van der Waals surface area (Å²) >= 11 is 0. The van der Waals surface area contributed by atoms with Gasteiger partial charge in [-0.05, 0) is 57.5 Å². The molecule has 0 bridgehead atoms. The van der Waals surface area contributed by atoms with Crippen LogP contribution in [-0.2, 0) is 16.1 Å². The zero-order chi connectivity index (χ0) is 18.4. The Balaban J connectivity index is 1.83. The third kappa shape index (κ3) is 5.95. The predicted octanol–water partition coefficient (Wildman–Crippen LogP) is 4.70. The monoisotopic (exact) mass is 341 g/mol. The topological polar surface area (TPSA) is 64.6 Å². The number of rotatable bonds is 4. The molecule has 5 nitrogen and oxygen atoms in total. The summed E-state index contributed by atoms with van der Waals surface area (Å²) in [6.07, 6.45) is -0.521. The third-order valence-electron chi connectivity index (χ3n) is 3.41. The Morgan fingerprint density at radius 1 is 0.960 bits per heavy atom. The molecule has 0 aliphatic rings. The van der Waals surface area contributed by atoms with Crippen LogP contribution in [0.4, 0.5) is 10.5 Å². The minimum Gasteiger partial charge on any atom is -0.444 e. The van der Waals surface area contributed by atoms with E-state index in [0.717, 1.165) is 11.1 Å². The molecule has 0 fully saturated rings. The predicted molar refractivity (Wildman–Crippen MR) is 96.5 cm³/mol. The Bertz CT molecular complexity index is 728. The first-order valence-electron chi connectivity index (χ1n) is 8.06. The zero-order valence-corrected chi connectivity index (χ0v) is 15.0. The highest BCUT2D eigenvalue weighted by atomic mass is 16.5. The fourth-order valence-electron chi connectivity index (χ4n) is 1.85. The molecule has 0 heterocycles. The summed E-state index contributed by atoms with van der Waals surface area (Å²) in [6, 6.07) is 14.3. The van der Waals surface area contributed by atoms with E-state index in [2.05, 4.69) is 5.32 Å². The number of hydrogen-bond donors (Lipinski definition) is 1. The number of anilines is 1. The molecule has 0 saturated heterocycles. The Morgan fingerprint density at radius 2 is 1.56 bits per heavy atom. The molecule has 1 N–H and O–H groups in total. The fourth-order valence-corrected chi connectivity index (χ4v) is 1.85. The first-order valence-corrected chi connectivity index (χ1v) is 8.06. The van der Waals surface area contributed by atoms with E-state index in [4.69, 9.17) is 9.47 Å². The van der Waals surface area contributed by atoms with Crippen LogP contribution in [0.15, 0.2) is 48.5 Å². The van der Waals surface area contributed by atoms with Crippen LogP contribution < -0.4 is 10.1 Å². The molecule has 2 rings (SSSR count). The SMILES string of the molecule is Cc1ccc(NC(=O)OCc2ccc(OC(=O)C(C)(C)C)cc2)cc1. The molecule has 0 aromatic heterocycles. The van der Waals surface area contributed by atoms with E-state index >= 15 is 0 Å². The molecule has 5 heteroatoms. The Hall–Kier alpha value is -2.82. The average Bonchev–Trinajstić information content (AvgIpc) is 2.55. The molecule has 0 radical (unpaired) electrons. The highest BCUT2D eigenvalue weighted by molar-refractivity contribution is 5.84. The molecule has 0 unspecified atom stereocenters. The van der Waals surface area contributed by atoms with Crippen molar-refractivity contribution < 1.29 is 19.1 Å². The maximum absolute atomic E-state index is 11.8. The summed E-state index contributed by atoms with van der Waals surface area (Å²) in [5.74, 6) is 0.168. The molecule has 0 spiro atoms. The number of ether oxygens (including phenoxy) is 2. The number of carbonyl (C=O) groups excluding carboxylic acids is 2. The van der Waals surface area contributed by atoms with Gasteiger partial charge in [0.25, 0.3) is 0 Å². The van der Waals surface area contributed by atoms with Crippen LogP contribution in [-0.4, -0.2) is 12.1 Å². The fraction of sp³-hybridized carbons (Fsp3) is 0.300. The first-order chi connectivity index (χ1) is 11.7. The second-order valence-corrected chi connectivity index (χ2v) is 6.85. The summed E-state index contributed by atoms with van der Waals surface area (Å²) in [5, 5.41) is 2.66. The number of amides is 1. The molecule has 25 heavy (non-hydrogen) atoms. The third-order valence-corrected chi connectivity index (χ3v) is 3.41. The maximum Gasteiger partial charge on any atom is 0.411 e. The molecule has 2 aromatic rings. The van der Waals surface area contributed by atoms with Gasteiger partial charge in [0.1, 0.15) is 12.4 Å². The smallest absolute Gasteiger partial charge is 0.411 e. The van der Waals surface area contributed by atoms with Gasteiger partial charge >= 0.3 is 12.1 Å². The van der Waals surface area contributed by atoms with Crippen LogP contribution in [0.25, 0.3) is 0 Å². The van der Waals surface area contributed by atoms with Gasteiger partial charge in [0.15, 0.2) is 0 Å². The van der Waals surface area contributed by atoms with Crippen molar-refractivity contribution in [3.63, 3.8) is 0 Å². The normalized spacial score (nSPS) is 10.9. The van der Waals surface area contributed by atoms with Crippen LogP contribution in [0.3, 0.4) is 0 Å². The molecule has 132 valence electrons. The Morgan fingerprint density at radius 3 is 2.12 bits per heavy atom. The number of aryl methyl sites for hydroxylation is 1. The van der Waals surface area contributed by atoms with Crippen molar-refractivity contribution in [2.45, 2.75) is 34.3 Å². The van der Waals surface area contributed by atoms with E-state index in [1.165, 1.54) is 0 Å². The van der Waals surface area contributed by atoms with Gasteiger partial charge in [-0.15, -0.1) is 0 Å². The Labute approximate surface area is 148 Å². The number of carbonyl (C=O) groups is 2. The molecular formula is C20H23NO4. The number of esters is 1. The molecule has 0 aliphatic carbocycles. The lowest BCUT2D eigenvalue weighted by Crippen LogP contribution is -2.25. The lowest BCUT2D eigenvalue weighted by atomic mass is 9.97. The van der Waals surface area contributed by atoms with E-state index < -0.39 is 11.5 Å². The lowest BCUT2D eigenvalue weighted by Gasteiger charge is -2.16. The highest BCUT2D eigenvalue weighted by Crippen LogP contribution is 2.20. The molecule has 2 aromatic carbocycles. The summed E-state index contributed by atoms with van der Waals surface area (Å²) in [5.41, 5.74) is 2.04. The molecule has 1 amide bonds. The van der Waals surface area contributed by atoms with E-state index in [1.807, 2.05) is 31.2 Å². The van der Waals surface area contributed by atoms with Crippen LogP contribution in [0.1, 0.15) is 31.9 Å². The largest absolute Gasteiger partial charge is 0.444 e. The van der Waals surface area contributed by atoms with Crippen molar-refractivity contribution in [3.8, 4) is 5.75 Å². The van der Waals surface area contributed by atoms with Crippen molar-refractivity contribution in [2.75, 3.05) is 5.32 Å². The van der Waals surface area contributed by atoms with Gasteiger partial charge in [-0.2, -0.15) is 0 Å². The minimum absolute atomic E-state index is 0.130. The first kappa shape index (κ1) is 18.5. The summed E-state index contributed by atoms with van der Waals surface area (Å²) in [4.78, 5) is 23.6. The van der Waals surface area contributed by atoms with Crippen molar-refractivity contribution in [3.05, 3.63) is 59.7 Å². The summed E-state index contributed by atoms with van der Waals surface area (Å²) < 4.78 is 10.5. The molecule has 0 atom stereocenters. The van der Waals surface area contributed by atoms with Gasteiger partial charge in [-0.25, -0.2) is 4.79 Å². The second-order valence-electron chi connectivity index (χ2n) is 6.85. The van der Waals surface area contributed by atoms with Crippen molar-refractivity contribution >= 4 is 17.7 Å². The van der Waals surface area contributed by atoms with Crippen molar-refractivity contribution in [2.24, 2.45) is 5.41 Å². The summed E-state index contributed by atoms with van der Waals surface area (Å²) in [6.45, 7) is 7.49. The van der Waals surface area contributed by atoms with Gasteiger partial charge in [-0.1, -0.05) is 29.8 Å². The van der Waals surface area contributed by atoms with Gasteiger partial charge in [-0.3, -0.25) is 10.1 Å². The second kappa shape index (κ2) is 7.83. The molecule has 0 saturated carbocycles. The van der Waals surface area contributed by atoms with Crippen molar-refractivity contribution in [1.82, 2.24) is 0 Å². The van der Waals surface area contributed by atoms with Crippen LogP contribution in [0.5, 0.6) is 5.75 Å². The molecular weight excluding hydrogens is 318 g/mol. The van der Waals surface area contributed by atoms with E-state index in [-0.39, 0.29) is 12.6 Å². The minimum atomic E-state index is -0.560. The van der Waals surface area contributed by atoms with E-state index in [1.54, 1.807) is 45.0 Å².